The first-order valence-corrected chi connectivity index (χ1v) is 10.2. The van der Waals surface area contributed by atoms with E-state index in [-0.39, 0.29) is 11.1 Å². The monoisotopic (exact) mass is 386 g/mol. The molecule has 1 aromatic carbocycles. The van der Waals surface area contributed by atoms with Gasteiger partial charge in [-0.25, -0.2) is 13.8 Å². The van der Waals surface area contributed by atoms with Gasteiger partial charge in [-0.2, -0.15) is 0 Å². The third-order valence-electron chi connectivity index (χ3n) is 6.29. The molecular weight excluding hydrogens is 362 g/mol. The summed E-state index contributed by atoms with van der Waals surface area (Å²) in [6, 6.07) is 3.41. The number of benzene rings is 1. The maximum absolute atomic E-state index is 14.0. The smallest absolute Gasteiger partial charge is 0.188 e. The van der Waals surface area contributed by atoms with E-state index < -0.39 is 11.6 Å². The van der Waals surface area contributed by atoms with Crippen LogP contribution in [0.2, 0.25) is 0 Å². The Kier molecular flexibility index (Phi) is 4.46. The Bertz CT molecular complexity index is 946. The van der Waals surface area contributed by atoms with Crippen molar-refractivity contribution in [1.82, 2.24) is 4.98 Å². The van der Waals surface area contributed by atoms with Gasteiger partial charge in [0.2, 0.25) is 0 Å². The largest absolute Gasteiger partial charge is 0.329 e. The lowest BCUT2D eigenvalue weighted by molar-refractivity contribution is 0.217. The molecule has 0 spiro atoms. The topological polar surface area (TPSA) is 24.9 Å². The van der Waals surface area contributed by atoms with Gasteiger partial charge in [-0.05, 0) is 61.1 Å². The minimum atomic E-state index is -0.482. The summed E-state index contributed by atoms with van der Waals surface area (Å²) in [7, 11) is 0. The van der Waals surface area contributed by atoms with Crippen LogP contribution in [0.5, 0.6) is 0 Å². The molecule has 2 aliphatic rings. The van der Waals surface area contributed by atoms with Crippen molar-refractivity contribution in [2.24, 2.45) is 17.3 Å². The van der Waals surface area contributed by atoms with E-state index in [1.54, 1.807) is 0 Å². The van der Waals surface area contributed by atoms with Crippen LogP contribution in [0, 0.1) is 28.9 Å². The van der Waals surface area contributed by atoms with E-state index >= 15 is 0 Å². The van der Waals surface area contributed by atoms with Crippen molar-refractivity contribution in [2.45, 2.75) is 40.0 Å². The summed E-state index contributed by atoms with van der Waals surface area (Å²) >= 11 is 1.54. The van der Waals surface area contributed by atoms with Crippen LogP contribution in [0.3, 0.4) is 0 Å². The third kappa shape index (κ3) is 3.12. The molecule has 2 aromatic rings. The van der Waals surface area contributed by atoms with Crippen molar-refractivity contribution in [1.29, 1.82) is 0 Å². The molecule has 0 unspecified atom stereocenters. The SMILES string of the molecule is C=C(C)[C@@H]1CC=C2c3sc(Nc4cc(F)ccc4F)nc3C[C@@H](C)[C@]2(C)C1. The Balaban J connectivity index is 1.70. The van der Waals surface area contributed by atoms with Crippen LogP contribution in [-0.2, 0) is 6.42 Å². The highest BCUT2D eigenvalue weighted by Gasteiger charge is 2.45. The number of hydrogen-bond donors (Lipinski definition) is 1. The lowest BCUT2D eigenvalue weighted by atomic mass is 9.59. The van der Waals surface area contributed by atoms with Gasteiger partial charge in [-0.15, -0.1) is 0 Å². The minimum Gasteiger partial charge on any atom is -0.329 e. The van der Waals surface area contributed by atoms with Gasteiger partial charge in [-0.3, -0.25) is 0 Å². The Morgan fingerprint density at radius 1 is 1.37 bits per heavy atom. The number of allylic oxidation sites excluding steroid dienone is 3. The highest BCUT2D eigenvalue weighted by atomic mass is 32.1. The number of aromatic nitrogens is 1. The van der Waals surface area contributed by atoms with E-state index in [1.165, 1.54) is 33.4 Å². The van der Waals surface area contributed by atoms with Gasteiger partial charge in [-0.1, -0.05) is 43.4 Å². The molecule has 0 saturated carbocycles. The Morgan fingerprint density at radius 3 is 2.89 bits per heavy atom. The van der Waals surface area contributed by atoms with Crippen molar-refractivity contribution in [3.63, 3.8) is 0 Å². The fourth-order valence-corrected chi connectivity index (χ4v) is 5.55. The van der Waals surface area contributed by atoms with E-state index in [2.05, 4.69) is 38.7 Å². The van der Waals surface area contributed by atoms with Crippen LogP contribution in [0.1, 0.15) is 44.2 Å². The lowest BCUT2D eigenvalue weighted by Crippen LogP contribution is -2.36. The second-order valence-electron chi connectivity index (χ2n) is 8.17. The van der Waals surface area contributed by atoms with Crippen LogP contribution in [0.15, 0.2) is 36.4 Å². The summed E-state index contributed by atoms with van der Waals surface area (Å²) < 4.78 is 27.4. The van der Waals surface area contributed by atoms with Crippen LogP contribution >= 0.6 is 11.3 Å². The maximum Gasteiger partial charge on any atom is 0.188 e. The molecule has 0 aliphatic heterocycles. The van der Waals surface area contributed by atoms with Crippen LogP contribution in [0.25, 0.3) is 5.57 Å². The first-order valence-electron chi connectivity index (χ1n) is 9.36. The predicted molar refractivity (Wildman–Crippen MR) is 108 cm³/mol. The molecule has 0 saturated heterocycles. The van der Waals surface area contributed by atoms with Gasteiger partial charge in [0.15, 0.2) is 5.13 Å². The minimum absolute atomic E-state index is 0.1000. The molecule has 2 nitrogen and oxygen atoms in total. The van der Waals surface area contributed by atoms with Gasteiger partial charge in [0.1, 0.15) is 11.6 Å². The Morgan fingerprint density at radius 2 is 2.15 bits per heavy atom. The standard InChI is InChI=1S/C22H24F2N2S/c1-12(2)14-5-7-16-20-19(9-13(3)22(16,4)11-14)26-21(27-20)25-18-10-15(23)6-8-17(18)24/h6-8,10,13-14H,1,5,9,11H2,2-4H3,(H,25,26)/t13-,14-,22+/m1/s1. The van der Waals surface area contributed by atoms with E-state index in [9.17, 15) is 8.78 Å². The molecule has 0 bridgehead atoms. The number of thiazole rings is 1. The lowest BCUT2D eigenvalue weighted by Gasteiger charge is -2.46. The fraction of sp³-hybridized carbons (Fsp3) is 0.409. The molecule has 27 heavy (non-hydrogen) atoms. The summed E-state index contributed by atoms with van der Waals surface area (Å²) in [6.07, 6.45) is 5.36. The van der Waals surface area contributed by atoms with E-state index in [0.29, 0.717) is 17.0 Å². The zero-order chi connectivity index (χ0) is 19.3. The number of fused-ring (bicyclic) bond motifs is 3. The first kappa shape index (κ1) is 18.4. The molecule has 1 aromatic heterocycles. The molecule has 0 radical (unpaired) electrons. The predicted octanol–water partition coefficient (Wildman–Crippen LogP) is 6.73. The molecule has 2 aliphatic carbocycles. The second kappa shape index (κ2) is 6.55. The van der Waals surface area contributed by atoms with E-state index in [4.69, 9.17) is 4.98 Å². The maximum atomic E-state index is 14.0. The summed E-state index contributed by atoms with van der Waals surface area (Å²) in [5.41, 5.74) is 3.89. The molecule has 0 fully saturated rings. The molecule has 3 atom stereocenters. The molecule has 1 N–H and O–H groups in total. The molecule has 4 rings (SSSR count). The number of hydrogen-bond acceptors (Lipinski definition) is 3. The average Bonchev–Trinajstić information content (AvgIpc) is 3.00. The van der Waals surface area contributed by atoms with Gasteiger partial charge in [0, 0.05) is 6.07 Å². The second-order valence-corrected chi connectivity index (χ2v) is 9.17. The molecule has 142 valence electrons. The third-order valence-corrected chi connectivity index (χ3v) is 7.33. The van der Waals surface area contributed by atoms with Crippen molar-refractivity contribution in [2.75, 3.05) is 5.32 Å². The number of halogens is 2. The number of anilines is 2. The van der Waals surface area contributed by atoms with Gasteiger partial charge in [0.05, 0.1) is 16.3 Å². The summed E-state index contributed by atoms with van der Waals surface area (Å²) in [6.45, 7) is 10.9. The van der Waals surface area contributed by atoms with Crippen molar-refractivity contribution >= 4 is 27.7 Å². The van der Waals surface area contributed by atoms with Gasteiger partial charge >= 0.3 is 0 Å². The van der Waals surface area contributed by atoms with Crippen LogP contribution in [-0.4, -0.2) is 4.98 Å². The molecule has 0 amide bonds. The Hall–Kier alpha value is -2.01. The first-order chi connectivity index (χ1) is 12.8. The van der Waals surface area contributed by atoms with Crippen molar-refractivity contribution in [3.8, 4) is 0 Å². The molecule has 5 heteroatoms. The zero-order valence-corrected chi connectivity index (χ0v) is 16.7. The number of nitrogens with zero attached hydrogens (tertiary/aromatic N) is 1. The van der Waals surface area contributed by atoms with E-state index in [0.717, 1.165) is 37.1 Å². The highest BCUT2D eigenvalue weighted by molar-refractivity contribution is 7.16. The summed E-state index contributed by atoms with van der Waals surface area (Å²) in [5, 5.41) is 3.59. The van der Waals surface area contributed by atoms with E-state index in [1.807, 2.05) is 0 Å². The van der Waals surface area contributed by atoms with Crippen LogP contribution in [0.4, 0.5) is 19.6 Å². The van der Waals surface area contributed by atoms with Crippen molar-refractivity contribution in [3.05, 3.63) is 58.6 Å². The van der Waals surface area contributed by atoms with Gasteiger partial charge < -0.3 is 5.32 Å². The molecule has 1 heterocycles. The zero-order valence-electron chi connectivity index (χ0n) is 15.9. The fourth-order valence-electron chi connectivity index (χ4n) is 4.37. The quantitative estimate of drug-likeness (QED) is 0.591. The normalized spacial score (nSPS) is 26.8. The van der Waals surface area contributed by atoms with Crippen molar-refractivity contribution < 1.29 is 8.78 Å². The average molecular weight is 387 g/mol. The number of nitrogens with one attached hydrogen (secondary N) is 1. The van der Waals surface area contributed by atoms with Crippen LogP contribution < -0.4 is 5.32 Å². The summed E-state index contributed by atoms with van der Waals surface area (Å²) in [4.78, 5) is 5.89. The van der Waals surface area contributed by atoms with Gasteiger partial charge in [0.25, 0.3) is 0 Å². The Labute approximate surface area is 163 Å². The highest BCUT2D eigenvalue weighted by Crippen LogP contribution is 2.57. The molecular formula is C22H24F2N2S. The number of rotatable bonds is 3. The summed E-state index contributed by atoms with van der Waals surface area (Å²) in [5.74, 6) is 0.0418.